The van der Waals surface area contributed by atoms with E-state index in [1.54, 1.807) is 25.1 Å². The third-order valence-electron chi connectivity index (χ3n) is 5.40. The Hall–Kier alpha value is -3.94. The zero-order valence-electron chi connectivity index (χ0n) is 18.6. The molecule has 0 radical (unpaired) electrons. The van der Waals surface area contributed by atoms with Crippen LogP contribution in [0, 0.1) is 19.7 Å². The van der Waals surface area contributed by atoms with Crippen LogP contribution in [0.3, 0.4) is 0 Å². The summed E-state index contributed by atoms with van der Waals surface area (Å²) < 4.78 is 25.2. The zero-order valence-corrected chi connectivity index (χ0v) is 18.6. The lowest BCUT2D eigenvalue weighted by Crippen LogP contribution is -2.07. The fraction of sp³-hybridized carbons (Fsp3) is 0.240. The maximum atomic E-state index is 13.9. The Bertz CT molecular complexity index is 1330. The summed E-state index contributed by atoms with van der Waals surface area (Å²) in [5.41, 5.74) is 3.89. The van der Waals surface area contributed by atoms with Gasteiger partial charge in [0.15, 0.2) is 0 Å². The van der Waals surface area contributed by atoms with E-state index in [0.29, 0.717) is 42.4 Å². The van der Waals surface area contributed by atoms with Gasteiger partial charge in [0.1, 0.15) is 40.6 Å². The lowest BCUT2D eigenvalue weighted by molar-refractivity contribution is 0.0692. The first-order chi connectivity index (χ1) is 15.9. The molecule has 170 valence electrons. The van der Waals surface area contributed by atoms with Crippen molar-refractivity contribution in [3.8, 4) is 17.0 Å². The van der Waals surface area contributed by atoms with E-state index in [9.17, 15) is 14.3 Å². The average Bonchev–Trinajstić information content (AvgIpc) is 3.10. The van der Waals surface area contributed by atoms with Crippen molar-refractivity contribution in [3.05, 3.63) is 71.0 Å². The number of fused-ring (bicyclic) bond motifs is 1. The topological polar surface area (TPSA) is 97.5 Å². The van der Waals surface area contributed by atoms with Crippen LogP contribution in [0.4, 0.5) is 10.2 Å². The van der Waals surface area contributed by atoms with Crippen molar-refractivity contribution in [3.63, 3.8) is 0 Å². The van der Waals surface area contributed by atoms with Gasteiger partial charge in [-0.1, -0.05) is 6.07 Å². The molecule has 0 atom stereocenters. The lowest BCUT2D eigenvalue weighted by atomic mass is 10.1. The molecule has 0 fully saturated rings. The van der Waals surface area contributed by atoms with Gasteiger partial charge in [0.25, 0.3) is 0 Å². The molecule has 2 aromatic heterocycles. The van der Waals surface area contributed by atoms with Crippen LogP contribution in [0.2, 0.25) is 0 Å². The maximum Gasteiger partial charge on any atom is 0.339 e. The van der Waals surface area contributed by atoms with Crippen LogP contribution >= 0.6 is 0 Å². The predicted octanol–water partition coefficient (Wildman–Crippen LogP) is 5.40. The van der Waals surface area contributed by atoms with Crippen molar-refractivity contribution >= 4 is 22.8 Å². The summed E-state index contributed by atoms with van der Waals surface area (Å²) in [7, 11) is 0. The number of hydrogen-bond donors (Lipinski definition) is 2. The highest BCUT2D eigenvalue weighted by Gasteiger charge is 2.15. The smallest absolute Gasteiger partial charge is 0.339 e. The Labute approximate surface area is 190 Å². The maximum absolute atomic E-state index is 13.9. The van der Waals surface area contributed by atoms with E-state index in [-0.39, 0.29) is 11.4 Å². The number of carbonyl (C=O) groups is 1. The number of ether oxygens (including phenoxy) is 1. The lowest BCUT2D eigenvalue weighted by Gasteiger charge is -2.10. The van der Waals surface area contributed by atoms with Crippen molar-refractivity contribution in [1.82, 2.24) is 9.97 Å². The first-order valence-electron chi connectivity index (χ1n) is 10.6. The number of nitrogens with one attached hydrogen (secondary N) is 1. The highest BCUT2D eigenvalue weighted by Crippen LogP contribution is 2.30. The molecule has 0 bridgehead atoms. The summed E-state index contributed by atoms with van der Waals surface area (Å²) in [6.45, 7) is 6.42. The van der Waals surface area contributed by atoms with Crippen LogP contribution in [0.1, 0.15) is 34.2 Å². The van der Waals surface area contributed by atoms with E-state index < -0.39 is 5.97 Å². The van der Waals surface area contributed by atoms with Gasteiger partial charge in [0, 0.05) is 29.1 Å². The van der Waals surface area contributed by atoms with Crippen molar-refractivity contribution < 1.29 is 23.4 Å². The minimum absolute atomic E-state index is 0.0994. The Kier molecular flexibility index (Phi) is 6.26. The van der Waals surface area contributed by atoms with Gasteiger partial charge in [0.05, 0.1) is 12.3 Å². The summed E-state index contributed by atoms with van der Waals surface area (Å²) in [6.07, 6.45) is 2.07. The molecule has 0 saturated heterocycles. The third-order valence-corrected chi connectivity index (χ3v) is 5.40. The molecule has 8 heteroatoms. The minimum atomic E-state index is -1.05. The van der Waals surface area contributed by atoms with Crippen LogP contribution in [0.15, 0.2) is 47.1 Å². The van der Waals surface area contributed by atoms with E-state index in [1.165, 1.54) is 24.5 Å². The van der Waals surface area contributed by atoms with E-state index >= 15 is 0 Å². The molecule has 4 rings (SSSR count). The molecule has 0 aliphatic carbocycles. The standard InChI is InChI=1S/C25H24FN3O4/c1-4-32-22-10-16(5-6-19(22)25(30)31)21-12-23(29-13-28-21)27-8-7-18-15(3)33-24-14(2)9-17(26)11-20(18)24/h5-6,9-13H,4,7-8H2,1-3H3,(H,30,31)(H,27,28,29). The Morgan fingerprint density at radius 2 is 2.00 bits per heavy atom. The molecule has 7 nitrogen and oxygen atoms in total. The molecular weight excluding hydrogens is 425 g/mol. The number of halogens is 1. The molecule has 0 spiro atoms. The molecular formula is C25H24FN3O4. The number of furan rings is 1. The molecule has 4 aromatic rings. The minimum Gasteiger partial charge on any atom is -0.493 e. The largest absolute Gasteiger partial charge is 0.493 e. The van der Waals surface area contributed by atoms with E-state index in [0.717, 1.165) is 27.8 Å². The van der Waals surface area contributed by atoms with Gasteiger partial charge in [0.2, 0.25) is 0 Å². The van der Waals surface area contributed by atoms with Gasteiger partial charge < -0.3 is 19.6 Å². The van der Waals surface area contributed by atoms with E-state index in [2.05, 4.69) is 15.3 Å². The highest BCUT2D eigenvalue weighted by atomic mass is 19.1. The molecule has 2 heterocycles. The van der Waals surface area contributed by atoms with Gasteiger partial charge in [-0.25, -0.2) is 19.2 Å². The third kappa shape index (κ3) is 4.64. The number of hydrogen-bond acceptors (Lipinski definition) is 6. The monoisotopic (exact) mass is 449 g/mol. The first-order valence-corrected chi connectivity index (χ1v) is 10.6. The van der Waals surface area contributed by atoms with E-state index in [1.807, 2.05) is 13.8 Å². The second-order valence-corrected chi connectivity index (χ2v) is 7.65. The summed E-state index contributed by atoms with van der Waals surface area (Å²) in [5, 5.41) is 13.4. The summed E-state index contributed by atoms with van der Waals surface area (Å²) in [4.78, 5) is 20.0. The number of nitrogens with zero attached hydrogens (tertiary/aromatic N) is 2. The number of rotatable bonds is 8. The highest BCUT2D eigenvalue weighted by molar-refractivity contribution is 5.92. The SMILES string of the molecule is CCOc1cc(-c2cc(NCCc3c(C)oc4c(C)cc(F)cc34)ncn2)ccc1C(=O)O. The zero-order chi connectivity index (χ0) is 23.5. The molecule has 0 amide bonds. The Morgan fingerprint density at radius 3 is 2.76 bits per heavy atom. The number of anilines is 1. The second kappa shape index (κ2) is 9.28. The molecule has 0 aliphatic heterocycles. The van der Waals surface area contributed by atoms with Crippen molar-refractivity contribution in [2.75, 3.05) is 18.5 Å². The van der Waals surface area contributed by atoms with Gasteiger partial charge >= 0.3 is 5.97 Å². The average molecular weight is 449 g/mol. The van der Waals surface area contributed by atoms with Gasteiger partial charge in [-0.05, 0) is 57.0 Å². The number of aromatic nitrogens is 2. The fourth-order valence-corrected chi connectivity index (χ4v) is 3.87. The molecule has 0 unspecified atom stereocenters. The Morgan fingerprint density at radius 1 is 1.18 bits per heavy atom. The number of carboxylic acids is 1. The fourth-order valence-electron chi connectivity index (χ4n) is 3.87. The Balaban J connectivity index is 1.52. The van der Waals surface area contributed by atoms with Crippen molar-refractivity contribution in [1.29, 1.82) is 0 Å². The van der Waals surface area contributed by atoms with Crippen molar-refractivity contribution in [2.45, 2.75) is 27.2 Å². The second-order valence-electron chi connectivity index (χ2n) is 7.65. The van der Waals surface area contributed by atoms with Crippen LogP contribution in [-0.4, -0.2) is 34.2 Å². The van der Waals surface area contributed by atoms with Crippen LogP contribution < -0.4 is 10.1 Å². The number of carboxylic acid groups (broad SMARTS) is 1. The quantitative estimate of drug-likeness (QED) is 0.372. The first kappa shape index (κ1) is 22.3. The molecule has 0 aliphatic rings. The molecule has 2 aromatic carbocycles. The summed E-state index contributed by atoms with van der Waals surface area (Å²) >= 11 is 0. The normalized spacial score (nSPS) is 11.0. The van der Waals surface area contributed by atoms with Gasteiger partial charge in [-0.3, -0.25) is 0 Å². The van der Waals surface area contributed by atoms with Crippen LogP contribution in [-0.2, 0) is 6.42 Å². The molecule has 33 heavy (non-hydrogen) atoms. The predicted molar refractivity (Wildman–Crippen MR) is 123 cm³/mol. The van der Waals surface area contributed by atoms with Gasteiger partial charge in [-0.15, -0.1) is 0 Å². The summed E-state index contributed by atoms with van der Waals surface area (Å²) in [6, 6.07) is 9.62. The van der Waals surface area contributed by atoms with Gasteiger partial charge in [-0.2, -0.15) is 0 Å². The molecule has 2 N–H and O–H groups in total. The number of benzene rings is 2. The number of aryl methyl sites for hydroxylation is 2. The summed E-state index contributed by atoms with van der Waals surface area (Å²) in [5.74, 6) is 0.349. The molecule has 0 saturated carbocycles. The van der Waals surface area contributed by atoms with Crippen LogP contribution in [0.25, 0.3) is 22.2 Å². The van der Waals surface area contributed by atoms with Crippen molar-refractivity contribution in [2.24, 2.45) is 0 Å². The van der Waals surface area contributed by atoms with E-state index in [4.69, 9.17) is 9.15 Å². The van der Waals surface area contributed by atoms with Crippen LogP contribution in [0.5, 0.6) is 5.75 Å². The number of aromatic carboxylic acids is 1.